The van der Waals surface area contributed by atoms with E-state index in [4.69, 9.17) is 10.9 Å². The zero-order chi connectivity index (χ0) is 12.7. The van der Waals surface area contributed by atoms with E-state index >= 15 is 0 Å². The summed E-state index contributed by atoms with van der Waals surface area (Å²) in [7, 11) is 4.17. The van der Waals surface area contributed by atoms with Crippen molar-refractivity contribution in [2.75, 3.05) is 33.7 Å². The summed E-state index contributed by atoms with van der Waals surface area (Å²) in [6, 6.07) is 0.623. The Balaban J connectivity index is 2.40. The van der Waals surface area contributed by atoms with Crippen LogP contribution in [0, 0.1) is 0 Å². The molecule has 0 aliphatic heterocycles. The van der Waals surface area contributed by atoms with E-state index in [0.717, 1.165) is 19.5 Å². The third-order valence-corrected chi connectivity index (χ3v) is 3.39. The average molecular weight is 242 g/mol. The molecule has 0 unspecified atom stereocenters. The lowest BCUT2D eigenvalue weighted by atomic mass is 10.2. The van der Waals surface area contributed by atoms with Crippen molar-refractivity contribution >= 4 is 5.84 Å². The van der Waals surface area contributed by atoms with Crippen LogP contribution in [-0.2, 0) is 0 Å². The van der Waals surface area contributed by atoms with Gasteiger partial charge in [0, 0.05) is 12.6 Å². The van der Waals surface area contributed by atoms with E-state index in [2.05, 4.69) is 29.1 Å². The van der Waals surface area contributed by atoms with Gasteiger partial charge in [0.25, 0.3) is 0 Å². The minimum absolute atomic E-state index is 0.321. The molecule has 0 heterocycles. The van der Waals surface area contributed by atoms with Gasteiger partial charge in [0.2, 0.25) is 0 Å². The van der Waals surface area contributed by atoms with Crippen LogP contribution in [0.25, 0.3) is 0 Å². The largest absolute Gasteiger partial charge is 0.409 e. The van der Waals surface area contributed by atoms with Crippen molar-refractivity contribution < 1.29 is 5.21 Å². The van der Waals surface area contributed by atoms with Gasteiger partial charge in [-0.15, -0.1) is 0 Å². The number of oxime groups is 1. The Morgan fingerprint density at radius 1 is 1.29 bits per heavy atom. The first-order valence-corrected chi connectivity index (χ1v) is 6.48. The van der Waals surface area contributed by atoms with Gasteiger partial charge in [-0.2, -0.15) is 0 Å². The molecular formula is C12H26N4O. The quantitative estimate of drug-likeness (QED) is 0.302. The second-order valence-corrected chi connectivity index (χ2v) is 5.16. The Hall–Kier alpha value is -0.810. The molecule has 1 aliphatic rings. The SMILES string of the molecule is CN(C)CCCN(CC(N)=NO)C1CCCC1. The molecule has 0 aromatic rings. The third-order valence-electron chi connectivity index (χ3n) is 3.39. The molecular weight excluding hydrogens is 216 g/mol. The van der Waals surface area contributed by atoms with Crippen LogP contribution in [0.4, 0.5) is 0 Å². The molecule has 5 heteroatoms. The number of rotatable bonds is 7. The number of nitrogens with zero attached hydrogens (tertiary/aromatic N) is 3. The van der Waals surface area contributed by atoms with Gasteiger partial charge in [-0.1, -0.05) is 18.0 Å². The first-order valence-electron chi connectivity index (χ1n) is 6.48. The fourth-order valence-corrected chi connectivity index (χ4v) is 2.49. The maximum absolute atomic E-state index is 8.67. The van der Waals surface area contributed by atoms with Crippen LogP contribution in [-0.4, -0.2) is 60.6 Å². The molecule has 17 heavy (non-hydrogen) atoms. The molecule has 1 fully saturated rings. The predicted molar refractivity (Wildman–Crippen MR) is 70.4 cm³/mol. The summed E-state index contributed by atoms with van der Waals surface area (Å²) < 4.78 is 0. The summed E-state index contributed by atoms with van der Waals surface area (Å²) in [4.78, 5) is 4.56. The molecule has 5 nitrogen and oxygen atoms in total. The van der Waals surface area contributed by atoms with Gasteiger partial charge in [0.1, 0.15) is 0 Å². The highest BCUT2D eigenvalue weighted by molar-refractivity contribution is 5.81. The Bertz CT molecular complexity index is 237. The molecule has 0 aromatic heterocycles. The Morgan fingerprint density at radius 2 is 1.94 bits per heavy atom. The van der Waals surface area contributed by atoms with Crippen LogP contribution >= 0.6 is 0 Å². The van der Waals surface area contributed by atoms with Crippen LogP contribution in [0.15, 0.2) is 5.16 Å². The van der Waals surface area contributed by atoms with Crippen LogP contribution in [0.1, 0.15) is 32.1 Å². The highest BCUT2D eigenvalue weighted by atomic mass is 16.4. The molecule has 0 spiro atoms. The van der Waals surface area contributed by atoms with Gasteiger partial charge in [0.15, 0.2) is 5.84 Å². The molecule has 0 saturated heterocycles. The molecule has 0 radical (unpaired) electrons. The smallest absolute Gasteiger partial charge is 0.153 e. The summed E-state index contributed by atoms with van der Waals surface area (Å²) in [6.45, 7) is 2.70. The molecule has 0 atom stereocenters. The van der Waals surface area contributed by atoms with Gasteiger partial charge in [-0.25, -0.2) is 0 Å². The average Bonchev–Trinajstić information content (AvgIpc) is 2.80. The summed E-state index contributed by atoms with van der Waals surface area (Å²) in [5.74, 6) is 0.321. The van der Waals surface area contributed by atoms with Gasteiger partial charge in [-0.3, -0.25) is 4.90 Å². The van der Waals surface area contributed by atoms with Crippen molar-refractivity contribution in [3.8, 4) is 0 Å². The number of hydrogen-bond acceptors (Lipinski definition) is 4. The van der Waals surface area contributed by atoms with Crippen molar-refractivity contribution in [2.45, 2.75) is 38.1 Å². The van der Waals surface area contributed by atoms with Crippen LogP contribution < -0.4 is 5.73 Å². The van der Waals surface area contributed by atoms with Crippen molar-refractivity contribution in [3.05, 3.63) is 0 Å². The second-order valence-electron chi connectivity index (χ2n) is 5.16. The fraction of sp³-hybridized carbons (Fsp3) is 0.917. The lowest BCUT2D eigenvalue weighted by molar-refractivity contribution is 0.211. The van der Waals surface area contributed by atoms with E-state index < -0.39 is 0 Å². The molecule has 0 aromatic carbocycles. The second kappa shape index (κ2) is 7.50. The van der Waals surface area contributed by atoms with Crippen molar-refractivity contribution in [3.63, 3.8) is 0 Å². The molecule has 1 saturated carbocycles. The number of hydrogen-bond donors (Lipinski definition) is 2. The van der Waals surface area contributed by atoms with E-state index in [1.165, 1.54) is 25.7 Å². The minimum Gasteiger partial charge on any atom is -0.409 e. The zero-order valence-corrected chi connectivity index (χ0v) is 11.1. The topological polar surface area (TPSA) is 65.1 Å². The minimum atomic E-state index is 0.321. The summed E-state index contributed by atoms with van der Waals surface area (Å²) in [5, 5.41) is 11.8. The number of nitrogens with two attached hydrogens (primary N) is 1. The van der Waals surface area contributed by atoms with Crippen molar-refractivity contribution in [1.82, 2.24) is 9.80 Å². The van der Waals surface area contributed by atoms with Gasteiger partial charge in [0.05, 0.1) is 6.54 Å². The van der Waals surface area contributed by atoms with Crippen LogP contribution in [0.3, 0.4) is 0 Å². The molecule has 0 amide bonds. The van der Waals surface area contributed by atoms with Gasteiger partial charge >= 0.3 is 0 Å². The summed E-state index contributed by atoms with van der Waals surface area (Å²) >= 11 is 0. The van der Waals surface area contributed by atoms with Gasteiger partial charge < -0.3 is 15.8 Å². The normalized spacial score (nSPS) is 18.5. The fourth-order valence-electron chi connectivity index (χ4n) is 2.49. The Morgan fingerprint density at radius 3 is 2.47 bits per heavy atom. The maximum Gasteiger partial charge on any atom is 0.153 e. The highest BCUT2D eigenvalue weighted by Crippen LogP contribution is 2.23. The van der Waals surface area contributed by atoms with Crippen LogP contribution in [0.5, 0.6) is 0 Å². The van der Waals surface area contributed by atoms with Crippen molar-refractivity contribution in [1.29, 1.82) is 0 Å². The lowest BCUT2D eigenvalue weighted by Gasteiger charge is -2.28. The molecule has 100 valence electrons. The van der Waals surface area contributed by atoms with E-state index in [-0.39, 0.29) is 0 Å². The van der Waals surface area contributed by atoms with Crippen molar-refractivity contribution in [2.24, 2.45) is 10.9 Å². The summed E-state index contributed by atoms with van der Waals surface area (Å²) in [6.07, 6.45) is 6.25. The van der Waals surface area contributed by atoms with E-state index in [1.54, 1.807) is 0 Å². The maximum atomic E-state index is 8.67. The first-order chi connectivity index (χ1) is 8.13. The van der Waals surface area contributed by atoms with Gasteiger partial charge in [-0.05, 0) is 39.9 Å². The molecule has 1 aliphatic carbocycles. The predicted octanol–water partition coefficient (Wildman–Crippen LogP) is 0.929. The van der Waals surface area contributed by atoms with Crippen LogP contribution in [0.2, 0.25) is 0 Å². The van der Waals surface area contributed by atoms with E-state index in [1.807, 2.05) is 0 Å². The summed E-state index contributed by atoms with van der Waals surface area (Å²) in [5.41, 5.74) is 5.62. The van der Waals surface area contributed by atoms with E-state index in [9.17, 15) is 0 Å². The molecule has 1 rings (SSSR count). The Labute approximate surface area is 104 Å². The molecule has 3 N–H and O–H groups in total. The highest BCUT2D eigenvalue weighted by Gasteiger charge is 2.22. The lowest BCUT2D eigenvalue weighted by Crippen LogP contribution is -2.41. The molecule has 0 bridgehead atoms. The third kappa shape index (κ3) is 5.37. The standard InChI is InChI=1S/C12H26N4O/c1-15(2)8-5-9-16(10-12(13)14-17)11-6-3-4-7-11/h11,17H,3-10H2,1-2H3,(H2,13,14). The first kappa shape index (κ1) is 14.3. The monoisotopic (exact) mass is 242 g/mol. The zero-order valence-electron chi connectivity index (χ0n) is 11.1. The Kier molecular flexibility index (Phi) is 6.29. The number of amidine groups is 1. The van der Waals surface area contributed by atoms with E-state index in [0.29, 0.717) is 18.4 Å².